The van der Waals surface area contributed by atoms with Gasteiger partial charge in [0.15, 0.2) is 17.5 Å². The Kier molecular flexibility index (Phi) is 8.52. The Balaban J connectivity index is 1.07. The van der Waals surface area contributed by atoms with Gasteiger partial charge in [0.25, 0.3) is 0 Å². The third-order valence-corrected chi connectivity index (χ3v) is 13.2. The van der Waals surface area contributed by atoms with Crippen LogP contribution in [-0.2, 0) is 5.41 Å². The first-order valence-corrected chi connectivity index (χ1v) is 21.7. The molecule has 12 rings (SSSR count). The molecule has 0 amide bonds. The number of rotatable bonds is 6. The number of nitrogens with zero attached hydrogens (tertiary/aromatic N) is 3. The molecule has 0 saturated heterocycles. The predicted octanol–water partition coefficient (Wildman–Crippen LogP) is 15.6. The smallest absolute Gasteiger partial charge is 0.164 e. The molecule has 0 radical (unpaired) electrons. The van der Waals surface area contributed by atoms with Gasteiger partial charge in [-0.05, 0) is 100 Å². The zero-order chi connectivity index (χ0) is 42.1. The maximum atomic E-state index is 5.31. The van der Waals surface area contributed by atoms with Crippen molar-refractivity contribution >= 4 is 32.3 Å². The molecule has 0 fully saturated rings. The van der Waals surface area contributed by atoms with Crippen molar-refractivity contribution in [3.8, 4) is 78.7 Å². The van der Waals surface area contributed by atoms with Gasteiger partial charge in [-0.25, -0.2) is 15.0 Å². The van der Waals surface area contributed by atoms with Crippen molar-refractivity contribution < 1.29 is 0 Å². The average Bonchev–Trinajstić information content (AvgIpc) is 3.58. The van der Waals surface area contributed by atoms with E-state index >= 15 is 0 Å². The van der Waals surface area contributed by atoms with Gasteiger partial charge in [0.05, 0.1) is 0 Å². The minimum Gasteiger partial charge on any atom is -0.208 e. The molecule has 1 aromatic heterocycles. The fourth-order valence-electron chi connectivity index (χ4n) is 10.2. The first kappa shape index (κ1) is 36.8. The highest BCUT2D eigenvalue weighted by molar-refractivity contribution is 6.24. The van der Waals surface area contributed by atoms with Gasteiger partial charge < -0.3 is 0 Å². The quantitative estimate of drug-likeness (QED) is 0.157. The van der Waals surface area contributed by atoms with E-state index in [1.165, 1.54) is 66.1 Å². The highest BCUT2D eigenvalue weighted by atomic mass is 15.0. The van der Waals surface area contributed by atoms with Gasteiger partial charge in [-0.2, -0.15) is 0 Å². The Bertz CT molecular complexity index is 3530. The zero-order valence-corrected chi connectivity index (χ0v) is 35.0. The minimum atomic E-state index is -0.0966. The van der Waals surface area contributed by atoms with E-state index in [2.05, 4.69) is 202 Å². The van der Waals surface area contributed by atoms with Gasteiger partial charge in [-0.1, -0.05) is 214 Å². The van der Waals surface area contributed by atoms with Crippen LogP contribution in [0, 0.1) is 0 Å². The van der Waals surface area contributed by atoms with Crippen LogP contribution in [0.3, 0.4) is 0 Å². The maximum Gasteiger partial charge on any atom is 0.164 e. The molecule has 1 heterocycles. The predicted molar refractivity (Wildman–Crippen MR) is 263 cm³/mol. The molecular weight excluding hydrogens is 763 g/mol. The van der Waals surface area contributed by atoms with Crippen LogP contribution in [-0.4, -0.2) is 15.0 Å². The lowest BCUT2D eigenvalue weighted by Crippen LogP contribution is -2.14. The molecule has 0 atom stereocenters. The third kappa shape index (κ3) is 5.92. The Morgan fingerprint density at radius 3 is 1.35 bits per heavy atom. The van der Waals surface area contributed by atoms with E-state index in [0.717, 1.165) is 38.6 Å². The van der Waals surface area contributed by atoms with Crippen LogP contribution < -0.4 is 0 Å². The summed E-state index contributed by atoms with van der Waals surface area (Å²) >= 11 is 0. The average molecular weight is 804 g/mol. The molecule has 3 nitrogen and oxygen atoms in total. The Morgan fingerprint density at radius 2 is 0.698 bits per heavy atom. The number of benzene rings is 10. The molecule has 0 spiro atoms. The van der Waals surface area contributed by atoms with Crippen molar-refractivity contribution in [2.45, 2.75) is 19.3 Å². The molecule has 0 N–H and O–H groups in total. The fraction of sp³-hybridized carbons (Fsp3) is 0.0500. The molecular formula is C60H41N3. The molecule has 3 heteroatoms. The molecule has 10 aromatic carbocycles. The Morgan fingerprint density at radius 1 is 0.270 bits per heavy atom. The van der Waals surface area contributed by atoms with E-state index in [-0.39, 0.29) is 5.41 Å². The second-order valence-corrected chi connectivity index (χ2v) is 17.1. The lowest BCUT2D eigenvalue weighted by Gasteiger charge is -2.23. The summed E-state index contributed by atoms with van der Waals surface area (Å²) in [6.45, 7) is 4.72. The summed E-state index contributed by atoms with van der Waals surface area (Å²) in [7, 11) is 0. The summed E-state index contributed by atoms with van der Waals surface area (Å²) in [5, 5.41) is 7.14. The van der Waals surface area contributed by atoms with Crippen molar-refractivity contribution in [3.63, 3.8) is 0 Å². The van der Waals surface area contributed by atoms with Crippen molar-refractivity contribution in [1.29, 1.82) is 0 Å². The van der Waals surface area contributed by atoms with E-state index in [4.69, 9.17) is 15.0 Å². The van der Waals surface area contributed by atoms with E-state index < -0.39 is 0 Å². The van der Waals surface area contributed by atoms with E-state index in [1.54, 1.807) is 0 Å². The summed E-state index contributed by atoms with van der Waals surface area (Å²) in [5.41, 5.74) is 15.3. The molecule has 63 heavy (non-hydrogen) atoms. The van der Waals surface area contributed by atoms with Crippen molar-refractivity contribution in [2.75, 3.05) is 0 Å². The van der Waals surface area contributed by atoms with Crippen LogP contribution in [0.2, 0.25) is 0 Å². The van der Waals surface area contributed by atoms with Crippen LogP contribution in [0.5, 0.6) is 0 Å². The van der Waals surface area contributed by atoms with Crippen molar-refractivity contribution in [2.24, 2.45) is 0 Å². The van der Waals surface area contributed by atoms with Crippen LogP contribution in [0.1, 0.15) is 25.0 Å². The van der Waals surface area contributed by atoms with Gasteiger partial charge in [0.1, 0.15) is 0 Å². The molecule has 0 aliphatic heterocycles. The summed E-state index contributed by atoms with van der Waals surface area (Å²) in [4.78, 5) is 15.7. The van der Waals surface area contributed by atoms with Gasteiger partial charge in [0.2, 0.25) is 0 Å². The highest BCUT2D eigenvalue weighted by Crippen LogP contribution is 2.52. The second-order valence-electron chi connectivity index (χ2n) is 17.1. The van der Waals surface area contributed by atoms with Crippen LogP contribution in [0.4, 0.5) is 0 Å². The zero-order valence-electron chi connectivity index (χ0n) is 35.0. The lowest BCUT2D eigenvalue weighted by molar-refractivity contribution is 0.660. The first-order chi connectivity index (χ1) is 31.0. The fourth-order valence-corrected chi connectivity index (χ4v) is 10.2. The van der Waals surface area contributed by atoms with Gasteiger partial charge >= 0.3 is 0 Å². The molecule has 11 aromatic rings. The summed E-state index contributed by atoms with van der Waals surface area (Å²) < 4.78 is 0. The van der Waals surface area contributed by atoms with E-state index in [1.807, 2.05) is 24.3 Å². The number of aromatic nitrogens is 3. The van der Waals surface area contributed by atoms with Gasteiger partial charge in [-0.15, -0.1) is 0 Å². The molecule has 0 unspecified atom stereocenters. The number of hydrogen-bond donors (Lipinski definition) is 0. The molecule has 0 saturated carbocycles. The molecule has 1 aliphatic carbocycles. The highest BCUT2D eigenvalue weighted by Gasteiger charge is 2.35. The number of hydrogen-bond acceptors (Lipinski definition) is 3. The normalized spacial score (nSPS) is 12.7. The summed E-state index contributed by atoms with van der Waals surface area (Å²) in [6, 6.07) is 76.2. The van der Waals surface area contributed by atoms with E-state index in [0.29, 0.717) is 17.5 Å². The molecule has 0 bridgehead atoms. The standard InChI is InChI=1S/C60H41N3/c1-60(2)53-32-18-17-26-44(53)45-34-33-40(37-54(45)60)55-46-27-12-14-29-48(46)56(49-30-15-13-28-47(49)55)50-35-36-52(43-25-11-10-24-42(43)50)59-62-57(39-21-7-4-8-22-39)61-58(63-59)51-31-16-9-23-41(51)38-19-5-3-6-20-38/h3-37H,1-2H3. The van der Waals surface area contributed by atoms with Gasteiger partial charge in [0, 0.05) is 22.1 Å². The summed E-state index contributed by atoms with van der Waals surface area (Å²) in [6.07, 6.45) is 0. The number of fused-ring (bicyclic) bond motifs is 6. The maximum absolute atomic E-state index is 5.31. The Hall–Kier alpha value is -8.01. The Labute approximate surface area is 367 Å². The van der Waals surface area contributed by atoms with Crippen molar-refractivity contribution in [3.05, 3.63) is 223 Å². The van der Waals surface area contributed by atoms with Gasteiger partial charge in [-0.3, -0.25) is 0 Å². The summed E-state index contributed by atoms with van der Waals surface area (Å²) in [5.74, 6) is 1.91. The third-order valence-electron chi connectivity index (χ3n) is 13.2. The van der Waals surface area contributed by atoms with Crippen molar-refractivity contribution in [1.82, 2.24) is 15.0 Å². The first-order valence-electron chi connectivity index (χ1n) is 21.7. The minimum absolute atomic E-state index is 0.0966. The van der Waals surface area contributed by atoms with E-state index in [9.17, 15) is 0 Å². The van der Waals surface area contributed by atoms with Crippen LogP contribution >= 0.6 is 0 Å². The van der Waals surface area contributed by atoms with Crippen LogP contribution in [0.15, 0.2) is 212 Å². The van der Waals surface area contributed by atoms with Crippen LogP contribution in [0.25, 0.3) is 111 Å². The molecule has 1 aliphatic rings. The largest absolute Gasteiger partial charge is 0.208 e. The lowest BCUT2D eigenvalue weighted by atomic mass is 9.80. The second kappa shape index (κ2) is 14.6. The topological polar surface area (TPSA) is 38.7 Å². The molecule has 296 valence electrons. The monoisotopic (exact) mass is 803 g/mol. The SMILES string of the molecule is CC1(C)c2ccccc2-c2ccc(-c3c4ccccc4c(-c4ccc(-c5nc(-c6ccccc6)nc(-c6ccccc6-c6ccccc6)n5)c5ccccc45)c4ccccc34)cc21.